The summed E-state index contributed by atoms with van der Waals surface area (Å²) in [6.07, 6.45) is 1.46. The first-order chi connectivity index (χ1) is 23.8. The van der Waals surface area contributed by atoms with Gasteiger partial charge >= 0.3 is 0 Å². The molecule has 2 heterocycles. The van der Waals surface area contributed by atoms with Crippen LogP contribution in [-0.2, 0) is 12.8 Å². The molecular weight excluding hydrogens is 581 g/mol. The smallest absolute Gasteiger partial charge is 0.0974 e. The maximum absolute atomic E-state index is 5.46. The minimum Gasteiger partial charge on any atom is -0.250 e. The van der Waals surface area contributed by atoms with Gasteiger partial charge in [-0.05, 0) is 67.1 Å². The molecule has 0 atom stereocenters. The lowest BCUT2D eigenvalue weighted by atomic mass is 9.93. The molecule has 9 rings (SSSR count). The lowest BCUT2D eigenvalue weighted by Gasteiger charge is -2.16. The van der Waals surface area contributed by atoms with Gasteiger partial charge in [-0.15, -0.1) is 0 Å². The van der Waals surface area contributed by atoms with E-state index in [4.69, 9.17) is 9.97 Å². The van der Waals surface area contributed by atoms with Crippen molar-refractivity contribution in [3.05, 3.63) is 192 Å². The van der Waals surface area contributed by atoms with Crippen molar-refractivity contribution in [1.29, 1.82) is 0 Å². The normalized spacial score (nSPS) is 11.5. The summed E-state index contributed by atoms with van der Waals surface area (Å²) >= 11 is 0. The third kappa shape index (κ3) is 5.09. The summed E-state index contributed by atoms with van der Waals surface area (Å²) in [6.45, 7) is 0. The van der Waals surface area contributed by atoms with Gasteiger partial charge in [-0.2, -0.15) is 0 Å². The number of hydrogen-bond donors (Lipinski definition) is 0. The van der Waals surface area contributed by atoms with Crippen LogP contribution in [0.25, 0.3) is 65.6 Å². The summed E-state index contributed by atoms with van der Waals surface area (Å²) in [4.78, 5) is 10.9. The second-order valence-electron chi connectivity index (χ2n) is 12.5. The summed E-state index contributed by atoms with van der Waals surface area (Å²) in [6, 6.07) is 60.8. The molecule has 0 fully saturated rings. The van der Waals surface area contributed by atoms with Gasteiger partial charge in [0.2, 0.25) is 0 Å². The lowest BCUT2D eigenvalue weighted by Crippen LogP contribution is -2.00. The molecule has 2 nitrogen and oxygen atoms in total. The van der Waals surface area contributed by atoms with E-state index in [-0.39, 0.29) is 0 Å². The molecule has 0 aliphatic rings. The molecule has 48 heavy (non-hydrogen) atoms. The molecule has 0 saturated heterocycles. The number of nitrogens with zero attached hydrogens (tertiary/aromatic N) is 2. The van der Waals surface area contributed by atoms with E-state index in [0.29, 0.717) is 0 Å². The van der Waals surface area contributed by atoms with Crippen molar-refractivity contribution in [2.24, 2.45) is 0 Å². The van der Waals surface area contributed by atoms with Gasteiger partial charge in [0, 0.05) is 35.0 Å². The zero-order valence-electron chi connectivity index (χ0n) is 26.5. The van der Waals surface area contributed by atoms with Crippen LogP contribution in [0.5, 0.6) is 0 Å². The molecule has 2 aromatic heterocycles. The number of rotatable bonds is 6. The van der Waals surface area contributed by atoms with E-state index in [1.807, 2.05) is 0 Å². The molecule has 2 heteroatoms. The first kappa shape index (κ1) is 28.1. The third-order valence-electron chi connectivity index (χ3n) is 9.54. The van der Waals surface area contributed by atoms with Crippen molar-refractivity contribution >= 4 is 43.4 Å². The van der Waals surface area contributed by atoms with Crippen molar-refractivity contribution < 1.29 is 0 Å². The quantitative estimate of drug-likeness (QED) is 0.175. The number of hydrogen-bond acceptors (Lipinski definition) is 2. The second kappa shape index (κ2) is 11.9. The van der Waals surface area contributed by atoms with Crippen LogP contribution in [0.1, 0.15) is 22.5 Å². The molecule has 0 aliphatic heterocycles. The molecule has 0 amide bonds. The Labute approximate surface area is 280 Å². The van der Waals surface area contributed by atoms with Gasteiger partial charge in [-0.1, -0.05) is 158 Å². The summed E-state index contributed by atoms with van der Waals surface area (Å²) in [5, 5.41) is 7.26. The van der Waals surface area contributed by atoms with Gasteiger partial charge in [0.1, 0.15) is 0 Å². The monoisotopic (exact) mass is 612 g/mol. The molecule has 226 valence electrons. The summed E-state index contributed by atoms with van der Waals surface area (Å²) < 4.78 is 0. The minimum absolute atomic E-state index is 0.731. The molecule has 0 unspecified atom stereocenters. The maximum Gasteiger partial charge on any atom is 0.0974 e. The molecule has 7 aromatic carbocycles. The first-order valence-corrected chi connectivity index (χ1v) is 16.6. The highest BCUT2D eigenvalue weighted by atomic mass is 14.8. The number of benzene rings is 7. The Kier molecular flexibility index (Phi) is 6.98. The number of aromatic nitrogens is 2. The molecule has 9 aromatic rings. The predicted molar refractivity (Wildman–Crippen MR) is 201 cm³/mol. The van der Waals surface area contributed by atoms with Crippen LogP contribution in [0.4, 0.5) is 0 Å². The maximum atomic E-state index is 5.46. The van der Waals surface area contributed by atoms with E-state index in [1.54, 1.807) is 0 Å². The van der Waals surface area contributed by atoms with Gasteiger partial charge in [0.15, 0.2) is 0 Å². The van der Waals surface area contributed by atoms with Crippen molar-refractivity contribution in [2.75, 3.05) is 0 Å². The highest BCUT2D eigenvalue weighted by Crippen LogP contribution is 2.37. The van der Waals surface area contributed by atoms with Crippen molar-refractivity contribution in [1.82, 2.24) is 9.97 Å². The Bertz CT molecular complexity index is 2410. The van der Waals surface area contributed by atoms with E-state index in [1.165, 1.54) is 54.9 Å². The Morgan fingerprint density at radius 2 is 0.729 bits per heavy atom. The van der Waals surface area contributed by atoms with Gasteiger partial charge in [0.25, 0.3) is 0 Å². The Morgan fingerprint density at radius 3 is 1.19 bits per heavy atom. The standard InChI is InChI=1S/C46H32N2/c1-3-13-33(14-4-1)43-29-37(27-35-21-11-19-31-17-7-9-23-39(31)35)47-45-41(43)25-26-42-44(34-15-5-2-6-16-34)30-38(48-46(42)45)28-36-22-12-20-32-18-8-10-24-40(32)36/h1-26,29-30H,27-28H2. The summed E-state index contributed by atoms with van der Waals surface area (Å²) in [5.41, 5.74) is 11.2. The Balaban J connectivity index is 1.31. The molecule has 0 N–H and O–H groups in total. The fourth-order valence-electron chi connectivity index (χ4n) is 7.26. The second-order valence-corrected chi connectivity index (χ2v) is 12.5. The molecule has 0 saturated carbocycles. The molecule has 0 spiro atoms. The summed E-state index contributed by atoms with van der Waals surface area (Å²) in [5.74, 6) is 0. The van der Waals surface area contributed by atoms with Crippen LogP contribution >= 0.6 is 0 Å². The van der Waals surface area contributed by atoms with Crippen LogP contribution in [0, 0.1) is 0 Å². The van der Waals surface area contributed by atoms with E-state index in [2.05, 4.69) is 170 Å². The van der Waals surface area contributed by atoms with Gasteiger partial charge < -0.3 is 0 Å². The SMILES string of the molecule is c1ccc(-c2cc(Cc3cccc4ccccc34)nc3c2ccc2c(-c4ccccc4)cc(Cc4cccc5ccccc45)nc23)cc1. The van der Waals surface area contributed by atoms with E-state index >= 15 is 0 Å². The van der Waals surface area contributed by atoms with E-state index < -0.39 is 0 Å². The van der Waals surface area contributed by atoms with Crippen molar-refractivity contribution in [3.8, 4) is 22.3 Å². The fraction of sp³-hybridized carbons (Fsp3) is 0.0435. The highest BCUT2D eigenvalue weighted by Gasteiger charge is 2.17. The number of fused-ring (bicyclic) bond motifs is 5. The minimum atomic E-state index is 0.731. The Hall–Kier alpha value is -6.12. The summed E-state index contributed by atoms with van der Waals surface area (Å²) in [7, 11) is 0. The van der Waals surface area contributed by atoms with Crippen LogP contribution in [0.3, 0.4) is 0 Å². The molecule has 0 radical (unpaired) electrons. The average molecular weight is 613 g/mol. The molecular formula is C46H32N2. The van der Waals surface area contributed by atoms with Crippen LogP contribution in [0.2, 0.25) is 0 Å². The highest BCUT2D eigenvalue weighted by molar-refractivity contribution is 6.12. The fourth-order valence-corrected chi connectivity index (χ4v) is 7.26. The van der Waals surface area contributed by atoms with Crippen LogP contribution in [-0.4, -0.2) is 9.97 Å². The van der Waals surface area contributed by atoms with Gasteiger partial charge in [-0.3, -0.25) is 9.97 Å². The van der Waals surface area contributed by atoms with Gasteiger partial charge in [-0.25, -0.2) is 0 Å². The number of pyridine rings is 2. The topological polar surface area (TPSA) is 25.8 Å². The molecule has 0 aliphatic carbocycles. The van der Waals surface area contributed by atoms with Gasteiger partial charge in [0.05, 0.1) is 11.0 Å². The van der Waals surface area contributed by atoms with Crippen LogP contribution in [0.15, 0.2) is 170 Å². The third-order valence-corrected chi connectivity index (χ3v) is 9.54. The lowest BCUT2D eigenvalue weighted by molar-refractivity contribution is 1.10. The largest absolute Gasteiger partial charge is 0.250 e. The van der Waals surface area contributed by atoms with Crippen LogP contribution < -0.4 is 0 Å². The van der Waals surface area contributed by atoms with E-state index in [9.17, 15) is 0 Å². The zero-order valence-corrected chi connectivity index (χ0v) is 26.5. The Morgan fingerprint density at radius 1 is 0.333 bits per heavy atom. The van der Waals surface area contributed by atoms with Crippen molar-refractivity contribution in [3.63, 3.8) is 0 Å². The van der Waals surface area contributed by atoms with E-state index in [0.717, 1.165) is 46.0 Å². The predicted octanol–water partition coefficient (Wildman–Crippen LogP) is 11.6. The zero-order chi connectivity index (χ0) is 31.9. The first-order valence-electron chi connectivity index (χ1n) is 16.6. The van der Waals surface area contributed by atoms with Crippen molar-refractivity contribution in [2.45, 2.75) is 12.8 Å². The average Bonchev–Trinajstić information content (AvgIpc) is 3.15. The molecule has 0 bridgehead atoms.